The summed E-state index contributed by atoms with van der Waals surface area (Å²) in [6.45, 7) is 4.43. The molecule has 0 aliphatic carbocycles. The lowest BCUT2D eigenvalue weighted by Gasteiger charge is -2.29. The number of hydrogen-bond acceptors (Lipinski definition) is 3. The van der Waals surface area contributed by atoms with Gasteiger partial charge in [0.25, 0.3) is 0 Å². The van der Waals surface area contributed by atoms with E-state index in [1.54, 1.807) is 0 Å². The number of rotatable bonds is 7. The van der Waals surface area contributed by atoms with E-state index in [-0.39, 0.29) is 0 Å². The van der Waals surface area contributed by atoms with Gasteiger partial charge in [-0.2, -0.15) is 10.0 Å². The maximum absolute atomic E-state index is 4.27. The Hall–Kier alpha value is -3.76. The Bertz CT molecular complexity index is 1420. The Morgan fingerprint density at radius 2 is 1.46 bits per heavy atom. The van der Waals surface area contributed by atoms with Crippen LogP contribution in [0.15, 0.2) is 112 Å². The van der Waals surface area contributed by atoms with Crippen molar-refractivity contribution >= 4 is 33.8 Å². The number of para-hydroxylation sites is 1. The molecule has 0 amide bonds. The highest BCUT2D eigenvalue weighted by atomic mass is 32.3. The molecule has 0 aromatic heterocycles. The van der Waals surface area contributed by atoms with Crippen LogP contribution >= 0.6 is 10.0 Å². The van der Waals surface area contributed by atoms with Crippen LogP contribution in [-0.4, -0.2) is 32.8 Å². The molecule has 4 heteroatoms. The molecule has 5 rings (SSSR count). The Balaban J connectivity index is 1.61. The van der Waals surface area contributed by atoms with Gasteiger partial charge < -0.3 is 10.6 Å². The third kappa shape index (κ3) is 4.15. The maximum Gasteiger partial charge on any atom is 0.0672 e. The van der Waals surface area contributed by atoms with E-state index in [1.807, 2.05) is 25.2 Å². The van der Waals surface area contributed by atoms with E-state index in [0.29, 0.717) is 6.54 Å². The molecule has 0 saturated heterocycles. The van der Waals surface area contributed by atoms with Crippen molar-refractivity contribution in [2.45, 2.75) is 9.79 Å². The van der Waals surface area contributed by atoms with Crippen molar-refractivity contribution in [2.24, 2.45) is 4.99 Å². The van der Waals surface area contributed by atoms with Gasteiger partial charge >= 0.3 is 0 Å². The number of nitrogens with one attached hydrogen (secondary N) is 2. The molecule has 1 aliphatic heterocycles. The van der Waals surface area contributed by atoms with Gasteiger partial charge in [0.1, 0.15) is 0 Å². The zero-order valence-corrected chi connectivity index (χ0v) is 21.3. The highest BCUT2D eigenvalue weighted by molar-refractivity contribution is 8.33. The monoisotopic (exact) mass is 477 g/mol. The first kappa shape index (κ1) is 23.0. The number of hydrogen-bond donors (Lipinski definition) is 2. The fourth-order valence-corrected chi connectivity index (χ4v) is 7.43. The van der Waals surface area contributed by atoms with E-state index in [9.17, 15) is 0 Å². The Kier molecular flexibility index (Phi) is 6.23. The van der Waals surface area contributed by atoms with E-state index >= 15 is 0 Å². The lowest BCUT2D eigenvalue weighted by Crippen LogP contribution is -2.03. The molecule has 35 heavy (non-hydrogen) atoms. The lowest BCUT2D eigenvalue weighted by molar-refractivity contribution is 1.31. The minimum absolute atomic E-state index is 0.647. The molecule has 4 aromatic rings. The third-order valence-corrected chi connectivity index (χ3v) is 9.60. The second-order valence-electron chi connectivity index (χ2n) is 9.01. The Morgan fingerprint density at radius 1 is 0.771 bits per heavy atom. The first-order chi connectivity index (χ1) is 17.0. The third-order valence-electron chi connectivity index (χ3n) is 6.71. The van der Waals surface area contributed by atoms with Crippen molar-refractivity contribution in [3.8, 4) is 22.3 Å². The minimum Gasteiger partial charge on any atom is -0.388 e. The predicted molar refractivity (Wildman–Crippen MR) is 155 cm³/mol. The van der Waals surface area contributed by atoms with E-state index in [1.165, 1.54) is 32.0 Å². The van der Waals surface area contributed by atoms with Crippen LogP contribution in [0.4, 0.5) is 11.4 Å². The topological polar surface area (TPSA) is 36.4 Å². The number of aliphatic imine (C=N–C) groups is 1. The van der Waals surface area contributed by atoms with Gasteiger partial charge in [-0.15, -0.1) is 0 Å². The van der Waals surface area contributed by atoms with E-state index in [2.05, 4.69) is 114 Å². The van der Waals surface area contributed by atoms with Crippen molar-refractivity contribution in [2.75, 3.05) is 36.7 Å². The van der Waals surface area contributed by atoms with E-state index < -0.39 is 10.0 Å². The van der Waals surface area contributed by atoms with Crippen LogP contribution < -0.4 is 10.6 Å². The molecular formula is C31H31N3S. The van der Waals surface area contributed by atoms with Gasteiger partial charge in [0, 0.05) is 45.9 Å². The normalized spacial score (nSPS) is 14.5. The molecule has 0 fully saturated rings. The van der Waals surface area contributed by atoms with Crippen molar-refractivity contribution < 1.29 is 0 Å². The van der Waals surface area contributed by atoms with Crippen LogP contribution in [0.1, 0.15) is 5.56 Å². The highest BCUT2D eigenvalue weighted by Crippen LogP contribution is 2.68. The standard InChI is InChI=1S/C31H31N3S/c1-32-27(22-12-6-5-7-13-22)18-19-34-29-20-26-24-15-9-11-17-30(24)35(3,4)31(26)21-25(29)23-14-8-10-16-28(23)33-2/h5-18,20-21,33-34H,1,19H2,2-4H3/b27-18-. The summed E-state index contributed by atoms with van der Waals surface area (Å²) in [5, 5.41) is 7.08. The van der Waals surface area contributed by atoms with Crippen LogP contribution in [0.3, 0.4) is 0 Å². The fourth-order valence-electron chi connectivity index (χ4n) is 4.91. The molecule has 176 valence electrons. The summed E-state index contributed by atoms with van der Waals surface area (Å²) in [4.78, 5) is 7.17. The summed E-state index contributed by atoms with van der Waals surface area (Å²) in [5.41, 5.74) is 9.28. The van der Waals surface area contributed by atoms with Gasteiger partial charge in [-0.1, -0.05) is 66.7 Å². The van der Waals surface area contributed by atoms with Crippen LogP contribution in [0.5, 0.6) is 0 Å². The molecule has 0 spiro atoms. The summed E-state index contributed by atoms with van der Waals surface area (Å²) in [7, 11) is 0.892. The van der Waals surface area contributed by atoms with Crippen LogP contribution in [0.25, 0.3) is 28.0 Å². The first-order valence-corrected chi connectivity index (χ1v) is 14.2. The summed E-state index contributed by atoms with van der Waals surface area (Å²) in [6.07, 6.45) is 6.92. The van der Waals surface area contributed by atoms with Gasteiger partial charge in [0.05, 0.1) is 5.70 Å². The highest BCUT2D eigenvalue weighted by Gasteiger charge is 2.32. The van der Waals surface area contributed by atoms with Crippen LogP contribution in [0.2, 0.25) is 0 Å². The maximum atomic E-state index is 4.27. The number of anilines is 2. The quantitative estimate of drug-likeness (QED) is 0.264. The van der Waals surface area contributed by atoms with Crippen molar-refractivity contribution in [1.29, 1.82) is 0 Å². The molecule has 0 bridgehead atoms. The van der Waals surface area contributed by atoms with Crippen LogP contribution in [-0.2, 0) is 0 Å². The average Bonchev–Trinajstić information content (AvgIpc) is 3.12. The Labute approximate surface area is 210 Å². The van der Waals surface area contributed by atoms with Crippen LogP contribution in [0, 0.1) is 0 Å². The van der Waals surface area contributed by atoms with Gasteiger partial charge in [-0.05, 0) is 66.3 Å². The number of nitrogens with zero attached hydrogens (tertiary/aromatic N) is 1. The fraction of sp³-hybridized carbons (Fsp3) is 0.129. The molecular weight excluding hydrogens is 446 g/mol. The molecule has 4 aromatic carbocycles. The van der Waals surface area contributed by atoms with Gasteiger partial charge in [-0.3, -0.25) is 4.99 Å². The molecule has 1 aliphatic rings. The second kappa shape index (κ2) is 9.47. The molecule has 0 unspecified atom stereocenters. The molecule has 0 atom stereocenters. The SMILES string of the molecule is C=N/C(=C\CNc1cc2c(cc1-c1ccccc1NC)S(C)(C)c1ccccc1-2)c1ccccc1. The second-order valence-corrected chi connectivity index (χ2v) is 12.5. The predicted octanol–water partition coefficient (Wildman–Crippen LogP) is 8.01. The summed E-state index contributed by atoms with van der Waals surface area (Å²) in [6, 6.07) is 32.3. The summed E-state index contributed by atoms with van der Waals surface area (Å²) >= 11 is 0. The largest absolute Gasteiger partial charge is 0.388 e. The molecule has 0 saturated carbocycles. The van der Waals surface area contributed by atoms with Crippen molar-refractivity contribution in [1.82, 2.24) is 0 Å². The zero-order chi connectivity index (χ0) is 24.4. The average molecular weight is 478 g/mol. The lowest BCUT2D eigenvalue weighted by atomic mass is 9.97. The first-order valence-electron chi connectivity index (χ1n) is 11.8. The molecule has 3 nitrogen and oxygen atoms in total. The zero-order valence-electron chi connectivity index (χ0n) is 20.5. The van der Waals surface area contributed by atoms with E-state index in [0.717, 1.165) is 22.6 Å². The summed E-state index contributed by atoms with van der Waals surface area (Å²) < 4.78 is 0. The van der Waals surface area contributed by atoms with E-state index in [4.69, 9.17) is 0 Å². The summed E-state index contributed by atoms with van der Waals surface area (Å²) in [5.74, 6) is 0. The van der Waals surface area contributed by atoms with Gasteiger partial charge in [-0.25, -0.2) is 0 Å². The van der Waals surface area contributed by atoms with Gasteiger partial charge in [0.2, 0.25) is 0 Å². The minimum atomic E-state index is -1.09. The van der Waals surface area contributed by atoms with Crippen molar-refractivity contribution in [3.05, 3.63) is 103 Å². The molecule has 2 N–H and O–H groups in total. The smallest absolute Gasteiger partial charge is 0.0672 e. The number of fused-ring (bicyclic) bond motifs is 3. The van der Waals surface area contributed by atoms with Gasteiger partial charge in [0.15, 0.2) is 0 Å². The Morgan fingerprint density at radius 3 is 2.20 bits per heavy atom. The number of benzene rings is 4. The molecule has 0 radical (unpaired) electrons. The molecule has 1 heterocycles. The van der Waals surface area contributed by atoms with Crippen molar-refractivity contribution in [3.63, 3.8) is 0 Å².